The molecule has 0 unspecified atom stereocenters. The lowest BCUT2D eigenvalue weighted by atomic mass is 10.2. The predicted octanol–water partition coefficient (Wildman–Crippen LogP) is 1.61. The number of ether oxygens (including phenoxy) is 3. The summed E-state index contributed by atoms with van der Waals surface area (Å²) in [6, 6.07) is 4.49. The Kier molecular flexibility index (Phi) is 2.84. The van der Waals surface area contributed by atoms with Crippen LogP contribution in [0.5, 0.6) is 11.5 Å². The van der Waals surface area contributed by atoms with E-state index in [2.05, 4.69) is 4.74 Å². The molecule has 1 N–H and O–H groups in total. The third kappa shape index (κ3) is 2.44. The van der Waals surface area contributed by atoms with Gasteiger partial charge in [0.1, 0.15) is 0 Å². The number of halogens is 2. The lowest BCUT2D eigenvalue weighted by Gasteiger charge is -2.11. The lowest BCUT2D eigenvalue weighted by molar-refractivity contribution is -0.250. The first kappa shape index (κ1) is 11.6. The van der Waals surface area contributed by atoms with Crippen LogP contribution in [0, 0.1) is 0 Å². The molecule has 1 aromatic carbocycles. The highest BCUT2D eigenvalue weighted by Crippen LogP contribution is 2.33. The van der Waals surface area contributed by atoms with Crippen molar-refractivity contribution in [1.82, 2.24) is 0 Å². The highest BCUT2D eigenvalue weighted by atomic mass is 19.3. The number of carboxylic acid groups (broad SMARTS) is 1. The molecule has 0 aliphatic carbocycles. The molecular weight excluding hydrogens is 238 g/mol. The number of fused-ring (bicyclic) bond motifs is 1. The van der Waals surface area contributed by atoms with Gasteiger partial charge in [0.2, 0.25) is 6.79 Å². The number of carbonyl (C=O) groups is 1. The van der Waals surface area contributed by atoms with Gasteiger partial charge < -0.3 is 19.3 Å². The van der Waals surface area contributed by atoms with Crippen LogP contribution in [0.4, 0.5) is 8.78 Å². The van der Waals surface area contributed by atoms with Crippen LogP contribution >= 0.6 is 0 Å². The molecular formula is C10H8F2O5. The molecule has 0 radical (unpaired) electrons. The molecule has 5 nitrogen and oxygen atoms in total. The quantitative estimate of drug-likeness (QED) is 0.874. The zero-order valence-electron chi connectivity index (χ0n) is 8.48. The van der Waals surface area contributed by atoms with E-state index in [0.29, 0.717) is 17.1 Å². The summed E-state index contributed by atoms with van der Waals surface area (Å²) in [5.74, 6) is -1.39. The van der Waals surface area contributed by atoms with E-state index in [-0.39, 0.29) is 6.79 Å². The molecule has 0 amide bonds. The van der Waals surface area contributed by atoms with Gasteiger partial charge in [-0.25, -0.2) is 4.79 Å². The van der Waals surface area contributed by atoms with E-state index in [4.69, 9.17) is 14.6 Å². The maximum Gasteiger partial charge on any atom is 0.456 e. The molecule has 0 spiro atoms. The van der Waals surface area contributed by atoms with E-state index in [1.807, 2.05) is 0 Å². The van der Waals surface area contributed by atoms with Crippen molar-refractivity contribution in [3.8, 4) is 11.5 Å². The maximum atomic E-state index is 12.6. The Balaban J connectivity index is 2.03. The zero-order valence-corrected chi connectivity index (χ0v) is 8.48. The second-order valence-corrected chi connectivity index (χ2v) is 3.30. The maximum absolute atomic E-state index is 12.6. The van der Waals surface area contributed by atoms with Gasteiger partial charge in [0.25, 0.3) is 0 Å². The van der Waals surface area contributed by atoms with Crippen LogP contribution in [-0.4, -0.2) is 24.0 Å². The molecule has 92 valence electrons. The van der Waals surface area contributed by atoms with Gasteiger partial charge in [-0.1, -0.05) is 6.07 Å². The standard InChI is InChI=1S/C10H8F2O5/c11-10(12,9(13)14)17-4-6-1-2-7-8(3-6)16-5-15-7/h1-3H,4-5H2,(H,13,14). The van der Waals surface area contributed by atoms with Crippen molar-refractivity contribution >= 4 is 5.97 Å². The number of hydrogen-bond donors (Lipinski definition) is 1. The second kappa shape index (κ2) is 4.17. The Labute approximate surface area is 94.5 Å². The van der Waals surface area contributed by atoms with Crippen LogP contribution in [-0.2, 0) is 16.1 Å². The highest BCUT2D eigenvalue weighted by molar-refractivity contribution is 5.73. The Morgan fingerprint density at radius 3 is 2.82 bits per heavy atom. The molecule has 7 heteroatoms. The first-order valence-corrected chi connectivity index (χ1v) is 4.63. The average molecular weight is 246 g/mol. The van der Waals surface area contributed by atoms with Crippen molar-refractivity contribution in [2.45, 2.75) is 12.7 Å². The number of carboxylic acids is 1. The summed E-state index contributed by atoms with van der Waals surface area (Å²) in [5.41, 5.74) is 0.371. The molecule has 0 aromatic heterocycles. The first-order chi connectivity index (χ1) is 7.99. The summed E-state index contributed by atoms with van der Waals surface area (Å²) in [6.45, 7) is -0.457. The van der Waals surface area contributed by atoms with Gasteiger partial charge >= 0.3 is 12.1 Å². The first-order valence-electron chi connectivity index (χ1n) is 4.63. The number of rotatable bonds is 4. The lowest BCUT2D eigenvalue weighted by Crippen LogP contribution is -2.31. The molecule has 1 aliphatic heterocycles. The van der Waals surface area contributed by atoms with Crippen molar-refractivity contribution in [3.63, 3.8) is 0 Å². The molecule has 1 aliphatic rings. The third-order valence-corrected chi connectivity index (χ3v) is 2.11. The molecule has 0 atom stereocenters. The summed E-state index contributed by atoms with van der Waals surface area (Å²) >= 11 is 0. The minimum absolute atomic E-state index is 0.0743. The SMILES string of the molecule is O=C(O)C(F)(F)OCc1ccc2c(c1)OCO2. The summed E-state index contributed by atoms with van der Waals surface area (Å²) < 4.78 is 39.3. The normalized spacial score (nSPS) is 13.8. The Bertz CT molecular complexity index is 446. The van der Waals surface area contributed by atoms with Crippen LogP contribution in [0.1, 0.15) is 5.56 Å². The van der Waals surface area contributed by atoms with E-state index >= 15 is 0 Å². The van der Waals surface area contributed by atoms with Gasteiger partial charge in [0.15, 0.2) is 11.5 Å². The van der Waals surface area contributed by atoms with Gasteiger partial charge in [0, 0.05) is 0 Å². The van der Waals surface area contributed by atoms with E-state index in [9.17, 15) is 13.6 Å². The van der Waals surface area contributed by atoms with E-state index in [0.717, 1.165) is 0 Å². The minimum Gasteiger partial charge on any atom is -0.475 e. The van der Waals surface area contributed by atoms with Crippen LogP contribution in [0.3, 0.4) is 0 Å². The van der Waals surface area contributed by atoms with Gasteiger partial charge in [-0.3, -0.25) is 0 Å². The predicted molar refractivity (Wildman–Crippen MR) is 49.9 cm³/mol. The smallest absolute Gasteiger partial charge is 0.456 e. The molecule has 0 saturated carbocycles. The zero-order chi connectivity index (χ0) is 12.5. The van der Waals surface area contributed by atoms with Crippen molar-refractivity contribution in [3.05, 3.63) is 23.8 Å². The van der Waals surface area contributed by atoms with E-state index < -0.39 is 18.7 Å². The Morgan fingerprint density at radius 2 is 2.12 bits per heavy atom. The molecule has 17 heavy (non-hydrogen) atoms. The second-order valence-electron chi connectivity index (χ2n) is 3.30. The number of alkyl halides is 2. The number of benzene rings is 1. The number of hydrogen-bond acceptors (Lipinski definition) is 4. The van der Waals surface area contributed by atoms with Crippen LogP contribution in [0.15, 0.2) is 18.2 Å². The van der Waals surface area contributed by atoms with Gasteiger partial charge in [-0.2, -0.15) is 8.78 Å². The number of aliphatic carboxylic acids is 1. The van der Waals surface area contributed by atoms with E-state index in [1.54, 1.807) is 6.07 Å². The fourth-order valence-electron chi connectivity index (χ4n) is 1.27. The summed E-state index contributed by atoms with van der Waals surface area (Å²) in [5, 5.41) is 8.15. The van der Waals surface area contributed by atoms with Crippen molar-refractivity contribution < 1.29 is 32.9 Å². The van der Waals surface area contributed by atoms with Gasteiger partial charge in [-0.15, -0.1) is 0 Å². The summed E-state index contributed by atoms with van der Waals surface area (Å²) in [7, 11) is 0. The molecule has 0 bridgehead atoms. The van der Waals surface area contributed by atoms with Crippen molar-refractivity contribution in [1.29, 1.82) is 0 Å². The van der Waals surface area contributed by atoms with Crippen LogP contribution < -0.4 is 9.47 Å². The van der Waals surface area contributed by atoms with E-state index in [1.165, 1.54) is 12.1 Å². The molecule has 1 heterocycles. The Hall–Kier alpha value is -1.89. The fraction of sp³-hybridized carbons (Fsp3) is 0.300. The minimum atomic E-state index is -4.20. The molecule has 2 rings (SSSR count). The highest BCUT2D eigenvalue weighted by Gasteiger charge is 2.40. The Morgan fingerprint density at radius 1 is 1.41 bits per heavy atom. The van der Waals surface area contributed by atoms with Crippen LogP contribution in [0.25, 0.3) is 0 Å². The van der Waals surface area contributed by atoms with Gasteiger partial charge in [-0.05, 0) is 17.7 Å². The van der Waals surface area contributed by atoms with Crippen molar-refractivity contribution in [2.24, 2.45) is 0 Å². The summed E-state index contributed by atoms with van der Waals surface area (Å²) in [6.07, 6.45) is -4.20. The molecule has 0 saturated heterocycles. The molecule has 1 aromatic rings. The third-order valence-electron chi connectivity index (χ3n) is 2.11. The average Bonchev–Trinajstić information content (AvgIpc) is 2.73. The molecule has 0 fully saturated rings. The topological polar surface area (TPSA) is 65.0 Å². The van der Waals surface area contributed by atoms with Crippen molar-refractivity contribution in [2.75, 3.05) is 6.79 Å². The largest absolute Gasteiger partial charge is 0.475 e. The summed E-state index contributed by atoms with van der Waals surface area (Å²) in [4.78, 5) is 10.1. The van der Waals surface area contributed by atoms with Gasteiger partial charge in [0.05, 0.1) is 6.61 Å². The fourth-order valence-corrected chi connectivity index (χ4v) is 1.27. The monoisotopic (exact) mass is 246 g/mol. The van der Waals surface area contributed by atoms with Crippen LogP contribution in [0.2, 0.25) is 0 Å².